The summed E-state index contributed by atoms with van der Waals surface area (Å²) in [6.45, 7) is -0.343. The molecule has 1 aromatic heterocycles. The van der Waals surface area contributed by atoms with Crippen LogP contribution < -0.4 is 16.0 Å². The molecule has 1 unspecified atom stereocenters. The quantitative estimate of drug-likeness (QED) is 0.524. The molecule has 0 radical (unpaired) electrons. The van der Waals surface area contributed by atoms with Crippen LogP contribution in [-0.4, -0.2) is 46.1 Å². The van der Waals surface area contributed by atoms with Crippen LogP contribution >= 0.6 is 0 Å². The third kappa shape index (κ3) is 4.92. The Morgan fingerprint density at radius 1 is 1.15 bits per heavy atom. The van der Waals surface area contributed by atoms with E-state index in [0.29, 0.717) is 16.9 Å². The molecule has 1 aliphatic rings. The van der Waals surface area contributed by atoms with Gasteiger partial charge in [0.15, 0.2) is 6.23 Å². The van der Waals surface area contributed by atoms with Gasteiger partial charge in [-0.3, -0.25) is 13.9 Å². The highest BCUT2D eigenvalue weighted by molar-refractivity contribution is 5.89. The lowest BCUT2D eigenvalue weighted by molar-refractivity contribution is -0.0581. The van der Waals surface area contributed by atoms with E-state index in [1.165, 1.54) is 7.11 Å². The first-order valence-electron chi connectivity index (χ1n) is 10.6. The van der Waals surface area contributed by atoms with Gasteiger partial charge in [-0.2, -0.15) is 4.39 Å². The fourth-order valence-electron chi connectivity index (χ4n) is 3.74. The molecule has 2 heterocycles. The standard InChI is InChI=1S/C24H23FN2O7/c1-32-17-9-7-15(8-10-17)12-26-21(29)19(25)13-27(24(26)31)22-20(28)11-18(34-22)14-33-23(30)16-5-3-2-4-6-16/h2-10,13,18,20,22,28H,11-12,14H2,1H3/t18-,20?,22+/m1/s1. The maximum atomic E-state index is 14.4. The molecule has 0 bridgehead atoms. The Labute approximate surface area is 193 Å². The Hall–Kier alpha value is -3.76. The number of ether oxygens (including phenoxy) is 3. The van der Waals surface area contributed by atoms with Crippen LogP contribution in [0.4, 0.5) is 4.39 Å². The molecule has 2 aromatic carbocycles. The molecule has 34 heavy (non-hydrogen) atoms. The van der Waals surface area contributed by atoms with E-state index in [0.717, 1.165) is 15.3 Å². The predicted octanol–water partition coefficient (Wildman–Crippen LogP) is 1.71. The van der Waals surface area contributed by atoms with Gasteiger partial charge in [-0.25, -0.2) is 9.59 Å². The second-order valence-corrected chi connectivity index (χ2v) is 7.82. The second kappa shape index (κ2) is 10.0. The summed E-state index contributed by atoms with van der Waals surface area (Å²) in [5, 5.41) is 10.5. The van der Waals surface area contributed by atoms with Crippen molar-refractivity contribution in [3.8, 4) is 5.75 Å². The fourth-order valence-corrected chi connectivity index (χ4v) is 3.74. The Morgan fingerprint density at radius 3 is 2.53 bits per heavy atom. The zero-order chi connectivity index (χ0) is 24.2. The number of rotatable bonds is 7. The number of esters is 1. The molecule has 1 saturated heterocycles. The Bertz CT molecular complexity index is 1270. The number of halogens is 1. The molecule has 1 aliphatic heterocycles. The molecule has 178 valence electrons. The summed E-state index contributed by atoms with van der Waals surface area (Å²) in [6, 6.07) is 15.0. The van der Waals surface area contributed by atoms with E-state index in [-0.39, 0.29) is 19.6 Å². The monoisotopic (exact) mass is 470 g/mol. The van der Waals surface area contributed by atoms with Crippen molar-refractivity contribution >= 4 is 5.97 Å². The molecular weight excluding hydrogens is 447 g/mol. The Morgan fingerprint density at radius 2 is 1.85 bits per heavy atom. The number of aliphatic hydroxyl groups excluding tert-OH is 1. The van der Waals surface area contributed by atoms with Gasteiger partial charge in [0.25, 0.3) is 5.56 Å². The predicted molar refractivity (Wildman–Crippen MR) is 118 cm³/mol. The van der Waals surface area contributed by atoms with Crippen LogP contribution in [0.25, 0.3) is 0 Å². The van der Waals surface area contributed by atoms with Gasteiger partial charge in [-0.1, -0.05) is 30.3 Å². The van der Waals surface area contributed by atoms with Crippen LogP contribution in [0, 0.1) is 5.82 Å². The molecule has 0 spiro atoms. The van der Waals surface area contributed by atoms with Gasteiger partial charge in [0, 0.05) is 6.42 Å². The summed E-state index contributed by atoms with van der Waals surface area (Å²) in [7, 11) is 1.51. The molecule has 10 heteroatoms. The van der Waals surface area contributed by atoms with Crippen molar-refractivity contribution < 1.29 is 28.5 Å². The highest BCUT2D eigenvalue weighted by Crippen LogP contribution is 2.28. The van der Waals surface area contributed by atoms with Crippen LogP contribution in [0.3, 0.4) is 0 Å². The van der Waals surface area contributed by atoms with Crippen molar-refractivity contribution in [1.29, 1.82) is 0 Å². The highest BCUT2D eigenvalue weighted by atomic mass is 19.1. The van der Waals surface area contributed by atoms with E-state index in [4.69, 9.17) is 14.2 Å². The largest absolute Gasteiger partial charge is 0.497 e. The summed E-state index contributed by atoms with van der Waals surface area (Å²) < 4.78 is 32.0. The minimum Gasteiger partial charge on any atom is -0.497 e. The zero-order valence-electron chi connectivity index (χ0n) is 18.3. The summed E-state index contributed by atoms with van der Waals surface area (Å²) in [4.78, 5) is 37.5. The average Bonchev–Trinajstić information content (AvgIpc) is 3.23. The average molecular weight is 470 g/mol. The fraction of sp³-hybridized carbons (Fsp3) is 0.292. The molecular formula is C24H23FN2O7. The molecule has 3 aromatic rings. The van der Waals surface area contributed by atoms with E-state index in [9.17, 15) is 23.9 Å². The molecule has 4 rings (SSSR count). The van der Waals surface area contributed by atoms with Gasteiger partial charge < -0.3 is 19.3 Å². The van der Waals surface area contributed by atoms with Crippen molar-refractivity contribution in [2.75, 3.05) is 13.7 Å². The number of carbonyl (C=O) groups is 1. The number of methoxy groups -OCH3 is 1. The molecule has 0 aliphatic carbocycles. The van der Waals surface area contributed by atoms with Crippen LogP contribution in [0.1, 0.15) is 28.6 Å². The van der Waals surface area contributed by atoms with Gasteiger partial charge in [0.05, 0.1) is 31.5 Å². The number of hydrogen-bond donors (Lipinski definition) is 1. The minimum absolute atomic E-state index is 0.0540. The number of aliphatic hydroxyl groups is 1. The van der Waals surface area contributed by atoms with Crippen LogP contribution in [0.15, 0.2) is 70.4 Å². The van der Waals surface area contributed by atoms with Gasteiger partial charge in [0.1, 0.15) is 18.5 Å². The van der Waals surface area contributed by atoms with Gasteiger partial charge in [-0.15, -0.1) is 0 Å². The van der Waals surface area contributed by atoms with Gasteiger partial charge in [0.2, 0.25) is 5.82 Å². The minimum atomic E-state index is -1.25. The normalized spacial score (nSPS) is 19.7. The van der Waals surface area contributed by atoms with Crippen molar-refractivity contribution in [1.82, 2.24) is 9.13 Å². The third-order valence-electron chi connectivity index (χ3n) is 5.50. The number of nitrogens with zero attached hydrogens (tertiary/aromatic N) is 2. The summed E-state index contributed by atoms with van der Waals surface area (Å²) in [5.74, 6) is -1.13. The summed E-state index contributed by atoms with van der Waals surface area (Å²) in [6.07, 6.45) is -2.36. The molecule has 1 N–H and O–H groups in total. The molecule has 9 nitrogen and oxygen atoms in total. The lowest BCUT2D eigenvalue weighted by Gasteiger charge is -2.19. The first-order valence-corrected chi connectivity index (χ1v) is 10.6. The number of aromatic nitrogens is 2. The summed E-state index contributed by atoms with van der Waals surface area (Å²) >= 11 is 0. The van der Waals surface area contributed by atoms with E-state index in [2.05, 4.69) is 0 Å². The van der Waals surface area contributed by atoms with Crippen molar-refractivity contribution in [2.24, 2.45) is 0 Å². The lowest BCUT2D eigenvalue weighted by atomic mass is 10.2. The SMILES string of the molecule is COc1ccc(Cn2c(=O)c(F)cn([C@H]3O[C@@H](COC(=O)c4ccccc4)CC3O)c2=O)cc1. The van der Waals surface area contributed by atoms with Gasteiger partial charge in [-0.05, 0) is 29.8 Å². The maximum absolute atomic E-state index is 14.4. The third-order valence-corrected chi connectivity index (χ3v) is 5.50. The van der Waals surface area contributed by atoms with E-state index >= 15 is 0 Å². The molecule has 1 fully saturated rings. The van der Waals surface area contributed by atoms with Crippen LogP contribution in [-0.2, 0) is 16.0 Å². The van der Waals surface area contributed by atoms with Crippen molar-refractivity contribution in [3.05, 3.63) is 98.6 Å². The van der Waals surface area contributed by atoms with Crippen molar-refractivity contribution in [3.63, 3.8) is 0 Å². The number of hydrogen-bond acceptors (Lipinski definition) is 7. The first kappa shape index (κ1) is 23.4. The smallest absolute Gasteiger partial charge is 0.338 e. The Kier molecular flexibility index (Phi) is 6.90. The maximum Gasteiger partial charge on any atom is 0.338 e. The molecule has 3 atom stereocenters. The van der Waals surface area contributed by atoms with Crippen molar-refractivity contribution in [2.45, 2.75) is 31.4 Å². The first-order chi connectivity index (χ1) is 16.4. The molecule has 0 amide bonds. The van der Waals surface area contributed by atoms with E-state index < -0.39 is 41.5 Å². The number of benzene rings is 2. The van der Waals surface area contributed by atoms with Crippen LogP contribution in [0.5, 0.6) is 5.75 Å². The topological polar surface area (TPSA) is 109 Å². The molecule has 0 saturated carbocycles. The van der Waals surface area contributed by atoms with Crippen LogP contribution in [0.2, 0.25) is 0 Å². The number of carbonyl (C=O) groups excluding carboxylic acids is 1. The zero-order valence-corrected chi connectivity index (χ0v) is 18.3. The summed E-state index contributed by atoms with van der Waals surface area (Å²) in [5.41, 5.74) is -0.983. The lowest BCUT2D eigenvalue weighted by Crippen LogP contribution is -2.44. The van der Waals surface area contributed by atoms with E-state index in [1.54, 1.807) is 54.6 Å². The second-order valence-electron chi connectivity index (χ2n) is 7.82. The van der Waals surface area contributed by atoms with E-state index in [1.807, 2.05) is 0 Å². The Balaban J connectivity index is 1.51. The van der Waals surface area contributed by atoms with Gasteiger partial charge >= 0.3 is 11.7 Å². The highest BCUT2D eigenvalue weighted by Gasteiger charge is 2.37.